The number of aryl methyl sites for hydroxylation is 1. The molecule has 0 saturated heterocycles. The van der Waals surface area contributed by atoms with Crippen molar-refractivity contribution in [1.82, 2.24) is 15.0 Å². The molecule has 0 fully saturated rings. The summed E-state index contributed by atoms with van der Waals surface area (Å²) in [6.45, 7) is 0. The molecule has 0 spiro atoms. The molecule has 2 aromatic rings. The van der Waals surface area contributed by atoms with Crippen molar-refractivity contribution in [3.63, 3.8) is 0 Å². The topological polar surface area (TPSA) is 55.9 Å². The van der Waals surface area contributed by atoms with Gasteiger partial charge in [0, 0.05) is 37.1 Å². The van der Waals surface area contributed by atoms with Gasteiger partial charge >= 0.3 is 0 Å². The molecule has 0 bridgehead atoms. The first-order chi connectivity index (χ1) is 8.54. The van der Waals surface area contributed by atoms with Crippen LogP contribution in [-0.4, -0.2) is 9.55 Å². The number of aromatic nitrogens is 2. The fourth-order valence-electron chi connectivity index (χ4n) is 1.77. The molecule has 7 heteroatoms. The lowest BCUT2D eigenvalue weighted by Gasteiger charge is -2.17. The summed E-state index contributed by atoms with van der Waals surface area (Å²) in [4.78, 5) is 3.96. The number of imidazole rings is 1. The molecule has 0 radical (unpaired) electrons. The van der Waals surface area contributed by atoms with Crippen LogP contribution in [0.3, 0.4) is 0 Å². The van der Waals surface area contributed by atoms with Crippen molar-refractivity contribution in [3.8, 4) is 0 Å². The van der Waals surface area contributed by atoms with E-state index in [0.717, 1.165) is 0 Å². The number of rotatable bonds is 3. The van der Waals surface area contributed by atoms with Crippen LogP contribution in [0.4, 0.5) is 13.2 Å². The van der Waals surface area contributed by atoms with Gasteiger partial charge in [-0.3, -0.25) is 5.84 Å². The molecular formula is C11H11F3N4. The molecule has 0 aliphatic heterocycles. The van der Waals surface area contributed by atoms with E-state index in [9.17, 15) is 13.2 Å². The van der Waals surface area contributed by atoms with Crippen molar-refractivity contribution in [1.29, 1.82) is 0 Å². The largest absolute Gasteiger partial charge is 0.336 e. The summed E-state index contributed by atoms with van der Waals surface area (Å²) >= 11 is 0. The minimum Gasteiger partial charge on any atom is -0.336 e. The van der Waals surface area contributed by atoms with Gasteiger partial charge in [-0.05, 0) is 0 Å². The number of hydrogen-bond donors (Lipinski definition) is 2. The summed E-state index contributed by atoms with van der Waals surface area (Å²) in [5, 5.41) is 0. The summed E-state index contributed by atoms with van der Waals surface area (Å²) in [6.07, 6.45) is 3.08. The smallest absolute Gasteiger partial charge is 0.134 e. The maximum absolute atomic E-state index is 13.7. The van der Waals surface area contributed by atoms with Gasteiger partial charge in [-0.25, -0.2) is 23.6 Å². The molecule has 1 aromatic carbocycles. The Hall–Kier alpha value is -1.86. The van der Waals surface area contributed by atoms with Crippen LogP contribution in [0.2, 0.25) is 0 Å². The number of nitrogens with two attached hydrogens (primary N) is 1. The van der Waals surface area contributed by atoms with Gasteiger partial charge in [0.15, 0.2) is 0 Å². The highest BCUT2D eigenvalue weighted by Gasteiger charge is 2.24. The summed E-state index contributed by atoms with van der Waals surface area (Å²) in [6, 6.07) is 0.211. The number of benzene rings is 1. The van der Waals surface area contributed by atoms with Gasteiger partial charge in [0.2, 0.25) is 0 Å². The van der Waals surface area contributed by atoms with E-state index in [1.54, 1.807) is 17.8 Å². The van der Waals surface area contributed by atoms with E-state index in [1.807, 2.05) is 0 Å². The molecule has 0 amide bonds. The Morgan fingerprint density at radius 3 is 2.33 bits per heavy atom. The summed E-state index contributed by atoms with van der Waals surface area (Å²) < 4.78 is 41.7. The van der Waals surface area contributed by atoms with Crippen molar-refractivity contribution >= 4 is 0 Å². The molecule has 1 atom stereocenters. The highest BCUT2D eigenvalue weighted by atomic mass is 19.1. The van der Waals surface area contributed by atoms with Crippen molar-refractivity contribution in [2.75, 3.05) is 0 Å². The van der Waals surface area contributed by atoms with Crippen molar-refractivity contribution in [3.05, 3.63) is 53.4 Å². The van der Waals surface area contributed by atoms with Crippen LogP contribution in [0.15, 0.2) is 24.5 Å². The Bertz CT molecular complexity index is 544. The first-order valence-electron chi connectivity index (χ1n) is 5.12. The summed E-state index contributed by atoms with van der Waals surface area (Å²) in [7, 11) is 1.66. The second-order valence-corrected chi connectivity index (χ2v) is 3.78. The zero-order chi connectivity index (χ0) is 13.3. The first kappa shape index (κ1) is 12.6. The molecule has 4 nitrogen and oxygen atoms in total. The third-order valence-corrected chi connectivity index (χ3v) is 2.62. The van der Waals surface area contributed by atoms with E-state index < -0.39 is 23.5 Å². The molecular weight excluding hydrogens is 245 g/mol. The van der Waals surface area contributed by atoms with Gasteiger partial charge in [-0.2, -0.15) is 0 Å². The molecule has 1 aromatic heterocycles. The van der Waals surface area contributed by atoms with Gasteiger partial charge in [-0.1, -0.05) is 0 Å². The monoisotopic (exact) mass is 256 g/mol. The number of nitrogens with one attached hydrogen (secondary N) is 1. The number of hydrazine groups is 1. The van der Waals surface area contributed by atoms with Crippen LogP contribution >= 0.6 is 0 Å². The van der Waals surface area contributed by atoms with Crippen LogP contribution in [0, 0.1) is 17.5 Å². The van der Waals surface area contributed by atoms with E-state index in [-0.39, 0.29) is 5.56 Å². The highest BCUT2D eigenvalue weighted by molar-refractivity contribution is 5.29. The maximum Gasteiger partial charge on any atom is 0.134 e. The SMILES string of the molecule is Cn1ccnc1C(NN)c1c(F)cc(F)cc1F. The second-order valence-electron chi connectivity index (χ2n) is 3.78. The van der Waals surface area contributed by atoms with Crippen LogP contribution in [0.25, 0.3) is 0 Å². The molecule has 2 rings (SSSR count). The van der Waals surface area contributed by atoms with Crippen molar-refractivity contribution in [2.45, 2.75) is 6.04 Å². The Labute approximate surface area is 101 Å². The van der Waals surface area contributed by atoms with E-state index in [2.05, 4.69) is 10.4 Å². The zero-order valence-electron chi connectivity index (χ0n) is 9.49. The molecule has 0 aliphatic rings. The van der Waals surface area contributed by atoms with Crippen LogP contribution in [0.5, 0.6) is 0 Å². The van der Waals surface area contributed by atoms with Crippen molar-refractivity contribution in [2.24, 2.45) is 12.9 Å². The van der Waals surface area contributed by atoms with Gasteiger partial charge in [0.1, 0.15) is 29.3 Å². The first-order valence-corrected chi connectivity index (χ1v) is 5.12. The van der Waals surface area contributed by atoms with E-state index in [0.29, 0.717) is 18.0 Å². The van der Waals surface area contributed by atoms with E-state index in [4.69, 9.17) is 5.84 Å². The standard InChI is InChI=1S/C11H11F3N4/c1-18-3-2-16-11(18)10(17-15)9-7(13)4-6(12)5-8(9)14/h2-5,10,17H,15H2,1H3. The lowest BCUT2D eigenvalue weighted by atomic mass is 10.1. The molecule has 1 heterocycles. The van der Waals surface area contributed by atoms with E-state index >= 15 is 0 Å². The Balaban J connectivity index is 2.56. The maximum atomic E-state index is 13.7. The molecule has 3 N–H and O–H groups in total. The fraction of sp³-hybridized carbons (Fsp3) is 0.182. The predicted molar refractivity (Wildman–Crippen MR) is 58.7 cm³/mol. The fourth-order valence-corrected chi connectivity index (χ4v) is 1.77. The lowest BCUT2D eigenvalue weighted by molar-refractivity contribution is 0.478. The normalized spacial score (nSPS) is 12.7. The summed E-state index contributed by atoms with van der Waals surface area (Å²) in [5.74, 6) is 2.62. The van der Waals surface area contributed by atoms with Gasteiger partial charge in [0.25, 0.3) is 0 Å². The number of halogens is 3. The second kappa shape index (κ2) is 4.79. The Kier molecular flexibility index (Phi) is 3.35. The van der Waals surface area contributed by atoms with E-state index in [1.165, 1.54) is 6.20 Å². The minimum absolute atomic E-state index is 0.321. The van der Waals surface area contributed by atoms with Gasteiger partial charge in [0.05, 0.1) is 0 Å². The third kappa shape index (κ3) is 2.09. The van der Waals surface area contributed by atoms with Crippen LogP contribution < -0.4 is 11.3 Å². The molecule has 18 heavy (non-hydrogen) atoms. The summed E-state index contributed by atoms with van der Waals surface area (Å²) in [5.41, 5.74) is 1.91. The van der Waals surface area contributed by atoms with Crippen LogP contribution in [0.1, 0.15) is 17.4 Å². The highest BCUT2D eigenvalue weighted by Crippen LogP contribution is 2.25. The lowest BCUT2D eigenvalue weighted by Crippen LogP contribution is -2.32. The molecule has 0 saturated carbocycles. The average molecular weight is 256 g/mol. The molecule has 96 valence electrons. The number of nitrogens with zero attached hydrogens (tertiary/aromatic N) is 2. The Morgan fingerprint density at radius 2 is 1.89 bits per heavy atom. The molecule has 1 unspecified atom stereocenters. The van der Waals surface area contributed by atoms with Gasteiger partial charge < -0.3 is 4.57 Å². The van der Waals surface area contributed by atoms with Crippen LogP contribution in [-0.2, 0) is 7.05 Å². The minimum atomic E-state index is -1.02. The number of hydrogen-bond acceptors (Lipinski definition) is 3. The quantitative estimate of drug-likeness (QED) is 0.644. The van der Waals surface area contributed by atoms with Crippen molar-refractivity contribution < 1.29 is 13.2 Å². The molecule has 0 aliphatic carbocycles. The Morgan fingerprint density at radius 1 is 1.28 bits per heavy atom. The zero-order valence-corrected chi connectivity index (χ0v) is 9.49. The average Bonchev–Trinajstić information content (AvgIpc) is 2.69. The third-order valence-electron chi connectivity index (χ3n) is 2.62. The predicted octanol–water partition coefficient (Wildman–Crippen LogP) is 1.39. The van der Waals surface area contributed by atoms with Gasteiger partial charge in [-0.15, -0.1) is 0 Å².